The molecule has 8 heteroatoms. The molecule has 1 aromatic heterocycles. The molecule has 0 radical (unpaired) electrons. The number of hydrogen-bond acceptors (Lipinski definition) is 5. The summed E-state index contributed by atoms with van der Waals surface area (Å²) in [4.78, 5) is 27.2. The second-order valence-electron chi connectivity index (χ2n) is 7.52. The average Bonchev–Trinajstić information content (AvgIpc) is 3.30. The van der Waals surface area contributed by atoms with Gasteiger partial charge in [0.15, 0.2) is 15.1 Å². The van der Waals surface area contributed by atoms with Crippen LogP contribution in [-0.4, -0.2) is 49.2 Å². The first-order valence-electron chi connectivity index (χ1n) is 9.86. The Balaban J connectivity index is 1.52. The molecule has 1 fully saturated rings. The van der Waals surface area contributed by atoms with E-state index in [1.807, 2.05) is 25.1 Å². The Labute approximate surface area is 180 Å². The SMILES string of the molecule is Cc1ccc(NC(=O)C2CN(C(=O)c3cccc(-c4ccco4)c3)CCS2(=O)=O)cc1. The summed E-state index contributed by atoms with van der Waals surface area (Å²) in [5.41, 5.74) is 2.69. The van der Waals surface area contributed by atoms with Gasteiger partial charge < -0.3 is 14.6 Å². The predicted molar refractivity (Wildman–Crippen MR) is 117 cm³/mol. The van der Waals surface area contributed by atoms with E-state index < -0.39 is 21.0 Å². The Hall–Kier alpha value is -3.39. The van der Waals surface area contributed by atoms with E-state index in [4.69, 9.17) is 4.42 Å². The van der Waals surface area contributed by atoms with Crippen molar-refractivity contribution in [3.63, 3.8) is 0 Å². The third-order valence-electron chi connectivity index (χ3n) is 5.28. The summed E-state index contributed by atoms with van der Waals surface area (Å²) in [6, 6.07) is 17.6. The van der Waals surface area contributed by atoms with E-state index in [0.29, 0.717) is 17.0 Å². The lowest BCUT2D eigenvalue weighted by molar-refractivity contribution is -0.116. The van der Waals surface area contributed by atoms with Crippen molar-refractivity contribution < 1.29 is 22.4 Å². The zero-order valence-electron chi connectivity index (χ0n) is 16.9. The van der Waals surface area contributed by atoms with E-state index in [2.05, 4.69) is 5.32 Å². The Morgan fingerprint density at radius 3 is 2.55 bits per heavy atom. The predicted octanol–water partition coefficient (Wildman–Crippen LogP) is 3.13. The second-order valence-corrected chi connectivity index (χ2v) is 9.82. The highest BCUT2D eigenvalue weighted by Gasteiger charge is 2.40. The molecule has 1 aliphatic rings. The van der Waals surface area contributed by atoms with Gasteiger partial charge in [-0.15, -0.1) is 0 Å². The number of nitrogens with zero attached hydrogens (tertiary/aromatic N) is 1. The first-order valence-corrected chi connectivity index (χ1v) is 11.6. The van der Waals surface area contributed by atoms with Crippen molar-refractivity contribution >= 4 is 27.3 Å². The molecule has 2 aromatic carbocycles. The van der Waals surface area contributed by atoms with Gasteiger partial charge in [0.25, 0.3) is 5.91 Å². The van der Waals surface area contributed by atoms with Gasteiger partial charge in [0, 0.05) is 29.9 Å². The molecular weight excluding hydrogens is 416 g/mol. The summed E-state index contributed by atoms with van der Waals surface area (Å²) in [5.74, 6) is -0.587. The third-order valence-corrected chi connectivity index (χ3v) is 7.26. The van der Waals surface area contributed by atoms with Crippen LogP contribution < -0.4 is 5.32 Å². The third kappa shape index (κ3) is 4.54. The van der Waals surface area contributed by atoms with Crippen LogP contribution in [-0.2, 0) is 14.6 Å². The Morgan fingerprint density at radius 1 is 1.06 bits per heavy atom. The summed E-state index contributed by atoms with van der Waals surface area (Å²) >= 11 is 0. The van der Waals surface area contributed by atoms with E-state index in [-0.39, 0.29) is 24.7 Å². The van der Waals surface area contributed by atoms with E-state index in [0.717, 1.165) is 11.1 Å². The van der Waals surface area contributed by atoms with Gasteiger partial charge in [-0.25, -0.2) is 8.42 Å². The van der Waals surface area contributed by atoms with E-state index >= 15 is 0 Å². The molecule has 0 aliphatic carbocycles. The number of benzene rings is 2. The topological polar surface area (TPSA) is 96.7 Å². The number of nitrogens with one attached hydrogen (secondary N) is 1. The molecule has 1 saturated heterocycles. The van der Waals surface area contributed by atoms with Crippen LogP contribution in [0, 0.1) is 6.92 Å². The van der Waals surface area contributed by atoms with Crippen LogP contribution >= 0.6 is 0 Å². The minimum Gasteiger partial charge on any atom is -0.464 e. The quantitative estimate of drug-likeness (QED) is 0.675. The number of carbonyl (C=O) groups is 2. The van der Waals surface area contributed by atoms with Crippen molar-refractivity contribution in [1.82, 2.24) is 4.90 Å². The van der Waals surface area contributed by atoms with Crippen LogP contribution in [0.4, 0.5) is 5.69 Å². The molecule has 31 heavy (non-hydrogen) atoms. The molecule has 1 aliphatic heterocycles. The highest BCUT2D eigenvalue weighted by atomic mass is 32.2. The van der Waals surface area contributed by atoms with E-state index in [1.165, 1.54) is 4.90 Å². The maximum atomic E-state index is 13.1. The van der Waals surface area contributed by atoms with Gasteiger partial charge in [0.1, 0.15) is 5.76 Å². The van der Waals surface area contributed by atoms with Gasteiger partial charge in [0.05, 0.1) is 12.0 Å². The van der Waals surface area contributed by atoms with Gasteiger partial charge in [-0.05, 0) is 43.3 Å². The van der Waals surface area contributed by atoms with Crippen molar-refractivity contribution in [3.8, 4) is 11.3 Å². The highest BCUT2D eigenvalue weighted by molar-refractivity contribution is 7.92. The summed E-state index contributed by atoms with van der Waals surface area (Å²) < 4.78 is 30.5. The molecular formula is C23H22N2O5S. The Bertz CT molecular complexity index is 1200. The first kappa shape index (κ1) is 20.9. The fraction of sp³-hybridized carbons (Fsp3) is 0.217. The number of aryl methyl sites for hydroxylation is 1. The van der Waals surface area contributed by atoms with Gasteiger partial charge in [-0.1, -0.05) is 29.8 Å². The maximum Gasteiger partial charge on any atom is 0.253 e. The minimum atomic E-state index is -3.66. The van der Waals surface area contributed by atoms with Crippen LogP contribution in [0.15, 0.2) is 71.3 Å². The Morgan fingerprint density at radius 2 is 1.84 bits per heavy atom. The summed E-state index contributed by atoms with van der Waals surface area (Å²) in [6.07, 6.45) is 1.55. The molecule has 3 aromatic rings. The first-order chi connectivity index (χ1) is 14.8. The van der Waals surface area contributed by atoms with Gasteiger partial charge in [-0.2, -0.15) is 0 Å². The molecule has 2 amide bonds. The number of furan rings is 1. The fourth-order valence-corrected chi connectivity index (χ4v) is 5.06. The normalized spacial score (nSPS) is 17.8. The highest BCUT2D eigenvalue weighted by Crippen LogP contribution is 2.23. The standard InChI is InChI=1S/C23H22N2O5S/c1-16-7-9-19(10-8-16)24-22(26)21-15-25(11-13-31(21,28)29)23(27)18-5-2-4-17(14-18)20-6-3-12-30-20/h2-10,12,14,21H,11,13,15H2,1H3,(H,24,26). The van der Waals surface area contributed by atoms with E-state index in [1.54, 1.807) is 48.7 Å². The molecule has 1 N–H and O–H groups in total. The van der Waals surface area contributed by atoms with Crippen molar-refractivity contribution in [2.24, 2.45) is 0 Å². The van der Waals surface area contributed by atoms with Crippen LogP contribution in [0.5, 0.6) is 0 Å². The molecule has 0 bridgehead atoms. The largest absolute Gasteiger partial charge is 0.464 e. The number of sulfone groups is 1. The number of carbonyl (C=O) groups excluding carboxylic acids is 2. The van der Waals surface area contributed by atoms with Crippen LogP contribution in [0.3, 0.4) is 0 Å². The van der Waals surface area contributed by atoms with Crippen LogP contribution in [0.1, 0.15) is 15.9 Å². The average molecular weight is 439 g/mol. The molecule has 160 valence electrons. The second kappa shape index (κ2) is 8.39. The molecule has 1 atom stereocenters. The van der Waals surface area contributed by atoms with Crippen LogP contribution in [0.25, 0.3) is 11.3 Å². The molecule has 1 unspecified atom stereocenters. The molecule has 7 nitrogen and oxygen atoms in total. The monoisotopic (exact) mass is 438 g/mol. The van der Waals surface area contributed by atoms with Gasteiger partial charge in [0.2, 0.25) is 5.91 Å². The lowest BCUT2D eigenvalue weighted by atomic mass is 10.1. The molecule has 0 spiro atoms. The zero-order valence-corrected chi connectivity index (χ0v) is 17.8. The van der Waals surface area contributed by atoms with Crippen molar-refractivity contribution in [3.05, 3.63) is 78.1 Å². The fourth-order valence-electron chi connectivity index (χ4n) is 3.51. The number of hydrogen-bond donors (Lipinski definition) is 1. The zero-order chi connectivity index (χ0) is 22.0. The molecule has 0 saturated carbocycles. The number of rotatable bonds is 4. The van der Waals surface area contributed by atoms with Crippen molar-refractivity contribution in [1.29, 1.82) is 0 Å². The minimum absolute atomic E-state index is 0.0421. The molecule has 2 heterocycles. The van der Waals surface area contributed by atoms with Gasteiger partial charge in [-0.3, -0.25) is 9.59 Å². The maximum absolute atomic E-state index is 13.1. The van der Waals surface area contributed by atoms with Crippen molar-refractivity contribution in [2.45, 2.75) is 12.2 Å². The van der Waals surface area contributed by atoms with Gasteiger partial charge >= 0.3 is 0 Å². The summed E-state index contributed by atoms with van der Waals surface area (Å²) in [6.45, 7) is 1.77. The molecule has 4 rings (SSSR count). The lowest BCUT2D eigenvalue weighted by Crippen LogP contribution is -2.53. The summed E-state index contributed by atoms with van der Waals surface area (Å²) in [5, 5.41) is 1.33. The summed E-state index contributed by atoms with van der Waals surface area (Å²) in [7, 11) is -3.66. The number of amides is 2. The Kier molecular flexibility index (Phi) is 5.65. The van der Waals surface area contributed by atoms with Crippen molar-refractivity contribution in [2.75, 3.05) is 24.2 Å². The smallest absolute Gasteiger partial charge is 0.253 e. The van der Waals surface area contributed by atoms with Crippen LogP contribution in [0.2, 0.25) is 0 Å². The van der Waals surface area contributed by atoms with E-state index in [9.17, 15) is 18.0 Å². The lowest BCUT2D eigenvalue weighted by Gasteiger charge is -2.32. The number of anilines is 1.